The van der Waals surface area contributed by atoms with Crippen molar-refractivity contribution in [2.24, 2.45) is 0 Å². The van der Waals surface area contributed by atoms with Crippen molar-refractivity contribution in [1.29, 1.82) is 0 Å². The number of carboxylic acid groups (broad SMARTS) is 1. The Bertz CT molecular complexity index is 256. The highest BCUT2D eigenvalue weighted by atomic mass is 16.4. The van der Waals surface area contributed by atoms with E-state index in [4.69, 9.17) is 5.11 Å². The fourth-order valence-electron chi connectivity index (χ4n) is 1.00. The number of aliphatic hydroxyl groups is 1. The minimum absolute atomic E-state index is 0.424. The summed E-state index contributed by atoms with van der Waals surface area (Å²) in [5, 5.41) is 19.2. The normalized spacial score (nSPS) is 12.4. The van der Waals surface area contributed by atoms with E-state index in [1.54, 1.807) is 30.3 Å². The standard InChI is InChI=1S/C9H10O3/c10-6-8(9(11)12)7-4-2-1-3-5-7/h1-5,8,10H,6H2,(H,11,12)/p-1/t8-/m1/s1. The molecule has 0 saturated carbocycles. The zero-order valence-electron chi connectivity index (χ0n) is 6.43. The number of aliphatic hydroxyl groups excluding tert-OH is 1. The Labute approximate surface area is 70.3 Å². The molecule has 1 aromatic rings. The SMILES string of the molecule is O=C([O-])[C@H](CO)c1ccccc1. The minimum Gasteiger partial charge on any atom is -0.549 e. The van der Waals surface area contributed by atoms with Gasteiger partial charge in [0.15, 0.2) is 0 Å². The number of carbonyl (C=O) groups excluding carboxylic acids is 1. The third-order valence-electron chi connectivity index (χ3n) is 1.67. The van der Waals surface area contributed by atoms with Crippen LogP contribution in [0.15, 0.2) is 30.3 Å². The van der Waals surface area contributed by atoms with Gasteiger partial charge in [-0.3, -0.25) is 0 Å². The summed E-state index contributed by atoms with van der Waals surface area (Å²) in [7, 11) is 0. The molecule has 3 nitrogen and oxygen atoms in total. The van der Waals surface area contributed by atoms with Gasteiger partial charge in [0, 0.05) is 5.92 Å². The Hall–Kier alpha value is -1.35. The van der Waals surface area contributed by atoms with Crippen LogP contribution in [0.25, 0.3) is 0 Å². The summed E-state index contributed by atoms with van der Waals surface area (Å²) in [6.45, 7) is -0.424. The molecule has 0 bridgehead atoms. The minimum atomic E-state index is -1.25. The van der Waals surface area contributed by atoms with Crippen LogP contribution in [0.5, 0.6) is 0 Å². The second-order valence-electron chi connectivity index (χ2n) is 2.46. The molecule has 1 atom stereocenters. The Morgan fingerprint density at radius 3 is 2.42 bits per heavy atom. The fourth-order valence-corrected chi connectivity index (χ4v) is 1.00. The predicted molar refractivity (Wildman–Crippen MR) is 41.3 cm³/mol. The van der Waals surface area contributed by atoms with Crippen molar-refractivity contribution in [1.82, 2.24) is 0 Å². The predicted octanol–water partition coefficient (Wildman–Crippen LogP) is -0.488. The van der Waals surface area contributed by atoms with Crippen LogP contribution >= 0.6 is 0 Å². The van der Waals surface area contributed by atoms with E-state index >= 15 is 0 Å². The molecule has 12 heavy (non-hydrogen) atoms. The van der Waals surface area contributed by atoms with Crippen LogP contribution in [0.2, 0.25) is 0 Å². The van der Waals surface area contributed by atoms with Gasteiger partial charge < -0.3 is 15.0 Å². The molecular weight excluding hydrogens is 156 g/mol. The lowest BCUT2D eigenvalue weighted by molar-refractivity contribution is -0.308. The lowest BCUT2D eigenvalue weighted by atomic mass is 10.0. The van der Waals surface area contributed by atoms with E-state index in [9.17, 15) is 9.90 Å². The molecule has 0 unspecified atom stereocenters. The van der Waals surface area contributed by atoms with Crippen LogP contribution in [-0.4, -0.2) is 17.7 Å². The summed E-state index contributed by atoms with van der Waals surface area (Å²) < 4.78 is 0. The van der Waals surface area contributed by atoms with Crippen LogP contribution in [-0.2, 0) is 4.79 Å². The molecule has 0 aliphatic heterocycles. The Morgan fingerprint density at radius 2 is 2.00 bits per heavy atom. The van der Waals surface area contributed by atoms with Gasteiger partial charge >= 0.3 is 0 Å². The van der Waals surface area contributed by atoms with Gasteiger partial charge in [-0.1, -0.05) is 30.3 Å². The summed E-state index contributed by atoms with van der Waals surface area (Å²) in [5.41, 5.74) is 0.569. The van der Waals surface area contributed by atoms with Crippen molar-refractivity contribution in [3.05, 3.63) is 35.9 Å². The van der Waals surface area contributed by atoms with Crippen LogP contribution in [0.3, 0.4) is 0 Å². The molecule has 0 heterocycles. The molecule has 1 aromatic carbocycles. The number of benzene rings is 1. The highest BCUT2D eigenvalue weighted by molar-refractivity contribution is 5.74. The lowest BCUT2D eigenvalue weighted by Gasteiger charge is -2.14. The van der Waals surface area contributed by atoms with Gasteiger partial charge in [0.05, 0.1) is 12.6 Å². The smallest absolute Gasteiger partial charge is 0.0552 e. The zero-order valence-corrected chi connectivity index (χ0v) is 6.43. The topological polar surface area (TPSA) is 60.4 Å². The van der Waals surface area contributed by atoms with Crippen LogP contribution in [0, 0.1) is 0 Å². The molecule has 0 fully saturated rings. The monoisotopic (exact) mass is 165 g/mol. The molecule has 0 saturated heterocycles. The van der Waals surface area contributed by atoms with Gasteiger partial charge in [0.2, 0.25) is 0 Å². The maximum atomic E-state index is 10.5. The zero-order chi connectivity index (χ0) is 8.97. The quantitative estimate of drug-likeness (QED) is 0.657. The maximum Gasteiger partial charge on any atom is 0.0552 e. The largest absolute Gasteiger partial charge is 0.549 e. The van der Waals surface area contributed by atoms with E-state index in [0.717, 1.165) is 0 Å². The molecule has 1 N–H and O–H groups in total. The number of hydrogen-bond acceptors (Lipinski definition) is 3. The fraction of sp³-hybridized carbons (Fsp3) is 0.222. The maximum absolute atomic E-state index is 10.5. The van der Waals surface area contributed by atoms with Crippen molar-refractivity contribution < 1.29 is 15.0 Å². The van der Waals surface area contributed by atoms with E-state index in [1.807, 2.05) is 0 Å². The first-order valence-electron chi connectivity index (χ1n) is 3.62. The first kappa shape index (κ1) is 8.74. The molecule has 0 radical (unpaired) electrons. The van der Waals surface area contributed by atoms with Crippen molar-refractivity contribution in [2.45, 2.75) is 5.92 Å². The first-order valence-corrected chi connectivity index (χ1v) is 3.62. The third kappa shape index (κ3) is 1.83. The van der Waals surface area contributed by atoms with Crippen molar-refractivity contribution in [3.63, 3.8) is 0 Å². The Balaban J connectivity index is 2.88. The third-order valence-corrected chi connectivity index (χ3v) is 1.67. The summed E-state index contributed by atoms with van der Waals surface area (Å²) >= 11 is 0. The molecule has 1 rings (SSSR count). The second-order valence-corrected chi connectivity index (χ2v) is 2.46. The highest BCUT2D eigenvalue weighted by Gasteiger charge is 2.09. The van der Waals surface area contributed by atoms with Crippen LogP contribution in [0.1, 0.15) is 11.5 Å². The Morgan fingerprint density at radius 1 is 1.42 bits per heavy atom. The van der Waals surface area contributed by atoms with Crippen molar-refractivity contribution >= 4 is 5.97 Å². The summed E-state index contributed by atoms with van der Waals surface area (Å²) in [4.78, 5) is 10.5. The van der Waals surface area contributed by atoms with E-state index in [1.165, 1.54) is 0 Å². The summed E-state index contributed by atoms with van der Waals surface area (Å²) in [6, 6.07) is 8.53. The van der Waals surface area contributed by atoms with Gasteiger partial charge in [-0.05, 0) is 5.56 Å². The first-order chi connectivity index (χ1) is 5.75. The van der Waals surface area contributed by atoms with E-state index in [2.05, 4.69) is 0 Å². The molecule has 64 valence electrons. The average Bonchev–Trinajstić information content (AvgIpc) is 2.07. The number of hydrogen-bond donors (Lipinski definition) is 1. The Kier molecular flexibility index (Phi) is 2.82. The second kappa shape index (κ2) is 3.88. The highest BCUT2D eigenvalue weighted by Crippen LogP contribution is 2.12. The summed E-state index contributed by atoms with van der Waals surface area (Å²) in [5.74, 6) is -2.16. The van der Waals surface area contributed by atoms with Gasteiger partial charge in [-0.25, -0.2) is 0 Å². The van der Waals surface area contributed by atoms with Crippen LogP contribution in [0.4, 0.5) is 0 Å². The number of rotatable bonds is 3. The van der Waals surface area contributed by atoms with Crippen molar-refractivity contribution in [3.8, 4) is 0 Å². The van der Waals surface area contributed by atoms with Gasteiger partial charge in [0.1, 0.15) is 0 Å². The average molecular weight is 165 g/mol. The van der Waals surface area contributed by atoms with E-state index < -0.39 is 18.5 Å². The molecule has 0 aliphatic rings. The van der Waals surface area contributed by atoms with Gasteiger partial charge in [-0.15, -0.1) is 0 Å². The van der Waals surface area contributed by atoms with E-state index in [0.29, 0.717) is 5.56 Å². The molecule has 3 heteroatoms. The van der Waals surface area contributed by atoms with Crippen LogP contribution < -0.4 is 5.11 Å². The lowest BCUT2D eigenvalue weighted by Crippen LogP contribution is -2.31. The number of aliphatic carboxylic acids is 1. The van der Waals surface area contributed by atoms with Gasteiger partial charge in [0.25, 0.3) is 0 Å². The number of carbonyl (C=O) groups is 1. The molecule has 0 aliphatic carbocycles. The number of carboxylic acids is 1. The molecule has 0 spiro atoms. The molecular formula is C9H9O3-. The van der Waals surface area contributed by atoms with E-state index in [-0.39, 0.29) is 0 Å². The molecule has 0 amide bonds. The summed E-state index contributed by atoms with van der Waals surface area (Å²) in [6.07, 6.45) is 0. The van der Waals surface area contributed by atoms with Crippen molar-refractivity contribution in [2.75, 3.05) is 6.61 Å². The van der Waals surface area contributed by atoms with Gasteiger partial charge in [-0.2, -0.15) is 0 Å². The molecule has 0 aromatic heterocycles.